The van der Waals surface area contributed by atoms with Crippen LogP contribution in [0.1, 0.15) is 172 Å². The first-order valence-electron chi connectivity index (χ1n) is 40.1. The first kappa shape index (κ1) is 104. The minimum absolute atomic E-state index is 0.0135. The molecule has 0 saturated heterocycles. The number of para-hydroxylation sites is 1. The Morgan fingerprint density at radius 1 is 0.417 bits per heavy atom. The van der Waals surface area contributed by atoms with Gasteiger partial charge in [-0.3, -0.25) is 86.9 Å². The maximum atomic E-state index is 14.7. The number of aliphatic carboxylic acids is 1. The third kappa shape index (κ3) is 39.5. The van der Waals surface area contributed by atoms with Crippen molar-refractivity contribution in [3.63, 3.8) is 0 Å². The van der Waals surface area contributed by atoms with E-state index in [1.165, 1.54) is 6.92 Å². The second kappa shape index (κ2) is 53.4. The number of guanidine groups is 3. The molecule has 34 N–H and O–H groups in total. The predicted octanol–water partition coefficient (Wildman–Crippen LogP) is -6.40. The summed E-state index contributed by atoms with van der Waals surface area (Å²) in [6, 6.07) is -11.8. The Morgan fingerprint density at radius 2 is 0.800 bits per heavy atom. The van der Waals surface area contributed by atoms with Crippen molar-refractivity contribution < 1.29 is 86.9 Å². The largest absolute Gasteiger partial charge is 0.480 e. The highest BCUT2D eigenvalue weighted by Gasteiger charge is 2.38. The zero-order chi connectivity index (χ0) is 90.8. The van der Waals surface area contributed by atoms with Gasteiger partial charge in [0.15, 0.2) is 17.9 Å². The minimum atomic E-state index is -1.69. The van der Waals surface area contributed by atoms with Crippen molar-refractivity contribution >= 4 is 123 Å². The summed E-state index contributed by atoms with van der Waals surface area (Å²) < 4.78 is 0. The molecule has 1 heterocycles. The Labute approximate surface area is 697 Å². The molecule has 0 saturated carbocycles. The number of aromatic amines is 1. The molecular weight excluding hydrogens is 1560 g/mol. The lowest BCUT2D eigenvalue weighted by Gasteiger charge is -2.29. The van der Waals surface area contributed by atoms with Crippen LogP contribution in [0.25, 0.3) is 10.9 Å². The molecule has 0 aliphatic carbocycles. The molecule has 672 valence electrons. The lowest BCUT2D eigenvalue weighted by Crippen LogP contribution is -2.61. The third-order valence-corrected chi connectivity index (χ3v) is 18.9. The number of aliphatic hydroxyl groups excluding tert-OH is 1. The molecule has 15 amide bonds. The normalized spacial score (nSPS) is 14.7. The van der Waals surface area contributed by atoms with Gasteiger partial charge in [0.25, 0.3) is 0 Å². The highest BCUT2D eigenvalue weighted by Crippen LogP contribution is 2.21. The molecule has 0 aliphatic heterocycles. The quantitative estimate of drug-likeness (QED) is 0.0166. The van der Waals surface area contributed by atoms with Crippen molar-refractivity contribution in [2.75, 3.05) is 32.8 Å². The van der Waals surface area contributed by atoms with Crippen LogP contribution in [0.3, 0.4) is 0 Å². The summed E-state index contributed by atoms with van der Waals surface area (Å²) in [6.45, 7) is 16.5. The number of nitrogens with one attached hydrogen (secondary N) is 14. The standard InChI is InChI=1S/C76H130N26O18/c1-12-41(10)60(101-58(106)35-90-63(109)54(33-43-34-89-46-19-14-13-18-44(43)46)99-71(117)59(40(8)9)102-70(116)55(36-103)100-62(108)45(77)30-37(2)3)72(118)95-49(22-17-29-88-76(84)85)65(111)94-50(23-25-56(78)104)67(113)98-52(31-38(4)5)68(114)93-47(20-15-27-86-74(80)81)64(110)91-42(11)61(107)92-48(21-16-28-87-75(82)83)66(112)97-53(32-39(6)7)69(115)96-51(73(119)120)24-26-57(79)105/h13-14,18-19,34,37-42,45,47-55,59-60,89,103H,12,15-17,20-33,35-36,77H2,1-11H3,(H2,78,104)(H2,79,105)(H,90,109)(H,91,110)(H,92,107)(H,93,114)(H,94,111)(H,95,118)(H,96,115)(H,97,112)(H,98,113)(H,99,117)(H,100,108)(H,101,106)(H,102,116)(H,119,120)(H4,80,81,86)(H4,82,83,87)(H4,84,85,88)/t41-,42-,45-,47-,48-,49-,50-,51-,52-,53-,54-,55-,59-,60-/m0/s1. The Morgan fingerprint density at radius 3 is 1.23 bits per heavy atom. The van der Waals surface area contributed by atoms with Crippen LogP contribution in [0.4, 0.5) is 0 Å². The molecule has 0 radical (unpaired) electrons. The van der Waals surface area contributed by atoms with Gasteiger partial charge < -0.3 is 136 Å². The van der Waals surface area contributed by atoms with Gasteiger partial charge in [-0.2, -0.15) is 0 Å². The number of H-pyrrole nitrogens is 1. The summed E-state index contributed by atoms with van der Waals surface area (Å²) in [6.07, 6.45) is -0.356. The van der Waals surface area contributed by atoms with E-state index in [2.05, 4.69) is 89.1 Å². The smallest absolute Gasteiger partial charge is 0.326 e. The van der Waals surface area contributed by atoms with Crippen LogP contribution in [0.5, 0.6) is 0 Å². The van der Waals surface area contributed by atoms with Gasteiger partial charge in [-0.15, -0.1) is 0 Å². The lowest BCUT2D eigenvalue weighted by atomic mass is 9.97. The van der Waals surface area contributed by atoms with Crippen LogP contribution in [0.2, 0.25) is 0 Å². The van der Waals surface area contributed by atoms with Crippen molar-refractivity contribution in [1.82, 2.24) is 74.1 Å². The van der Waals surface area contributed by atoms with E-state index in [4.69, 9.17) is 51.6 Å². The molecule has 44 nitrogen and oxygen atoms in total. The molecule has 0 unspecified atom stereocenters. The summed E-state index contributed by atoms with van der Waals surface area (Å²) in [5, 5.41) is 53.8. The van der Waals surface area contributed by atoms with Gasteiger partial charge in [0.05, 0.1) is 19.2 Å². The Kier molecular flexibility index (Phi) is 46.4. The highest BCUT2D eigenvalue weighted by atomic mass is 16.4. The summed E-state index contributed by atoms with van der Waals surface area (Å²) in [4.78, 5) is 235. The van der Waals surface area contributed by atoms with Gasteiger partial charge in [-0.05, 0) is 119 Å². The number of aliphatic hydroxyl groups is 1. The topological polar surface area (TPSA) is 757 Å². The maximum absolute atomic E-state index is 14.7. The Bertz CT molecular complexity index is 3880. The van der Waals surface area contributed by atoms with Gasteiger partial charge in [0.2, 0.25) is 88.6 Å². The number of hydrogen-bond acceptors (Lipinski definition) is 21. The Balaban J connectivity index is 2.56. The molecule has 14 atom stereocenters. The van der Waals surface area contributed by atoms with Crippen LogP contribution < -0.4 is 121 Å². The van der Waals surface area contributed by atoms with Crippen LogP contribution in [0.15, 0.2) is 45.4 Å². The molecule has 2 aromatic rings. The van der Waals surface area contributed by atoms with E-state index in [1.807, 2.05) is 13.8 Å². The third-order valence-electron chi connectivity index (χ3n) is 18.9. The lowest BCUT2D eigenvalue weighted by molar-refractivity contribution is -0.143. The molecule has 120 heavy (non-hydrogen) atoms. The number of nitrogens with zero attached hydrogens (tertiary/aromatic N) is 3. The highest BCUT2D eigenvalue weighted by molar-refractivity contribution is 6.00. The van der Waals surface area contributed by atoms with E-state index in [0.717, 1.165) is 0 Å². The number of carboxylic acids is 1. The van der Waals surface area contributed by atoms with Crippen LogP contribution in [0, 0.1) is 29.6 Å². The number of primary amides is 2. The molecule has 1 aromatic carbocycles. The average molecular weight is 1700 g/mol. The predicted molar refractivity (Wildman–Crippen MR) is 446 cm³/mol. The number of hydrogen-bond donors (Lipinski definition) is 25. The van der Waals surface area contributed by atoms with Gasteiger partial charge in [-0.1, -0.05) is 93.9 Å². The Hall–Kier alpha value is -12.0. The molecule has 0 aliphatic rings. The monoisotopic (exact) mass is 1700 g/mol. The number of fused-ring (bicyclic) bond motifs is 1. The second-order valence-corrected chi connectivity index (χ2v) is 31.1. The van der Waals surface area contributed by atoms with E-state index in [-0.39, 0.29) is 139 Å². The number of carbonyl (C=O) groups is 16. The van der Waals surface area contributed by atoms with Crippen LogP contribution >= 0.6 is 0 Å². The number of amides is 15. The van der Waals surface area contributed by atoms with Crippen molar-refractivity contribution in [2.24, 2.45) is 96.2 Å². The van der Waals surface area contributed by atoms with Crippen molar-refractivity contribution in [2.45, 2.75) is 251 Å². The summed E-state index contributed by atoms with van der Waals surface area (Å²) in [5.74, 6) is -18.0. The summed E-state index contributed by atoms with van der Waals surface area (Å²) >= 11 is 0. The molecule has 1 aromatic heterocycles. The van der Waals surface area contributed by atoms with Gasteiger partial charge in [-0.25, -0.2) is 4.79 Å². The fraction of sp³-hybridized carbons (Fsp3) is 0.645. The zero-order valence-electron chi connectivity index (χ0n) is 70.4. The number of benzene rings is 1. The minimum Gasteiger partial charge on any atom is -0.480 e. The molecule has 0 fully saturated rings. The number of nitrogens with two attached hydrogens (primary N) is 9. The summed E-state index contributed by atoms with van der Waals surface area (Å²) in [7, 11) is 0. The number of carboxylic acid groups (broad SMARTS) is 1. The number of aliphatic imine (C=N–C) groups is 3. The van der Waals surface area contributed by atoms with Gasteiger partial charge in [0.1, 0.15) is 72.5 Å². The molecule has 0 bridgehead atoms. The number of carbonyl (C=O) groups excluding carboxylic acids is 15. The van der Waals surface area contributed by atoms with Crippen LogP contribution in [-0.4, -0.2) is 239 Å². The number of aromatic nitrogens is 1. The summed E-state index contributed by atoms with van der Waals surface area (Å²) in [5.41, 5.74) is 51.5. The van der Waals surface area contributed by atoms with Crippen LogP contribution in [-0.2, 0) is 83.1 Å². The molecule has 2 rings (SSSR count). The second-order valence-electron chi connectivity index (χ2n) is 31.1. The van der Waals surface area contributed by atoms with Crippen molar-refractivity contribution in [3.05, 3.63) is 36.0 Å². The fourth-order valence-electron chi connectivity index (χ4n) is 12.2. The van der Waals surface area contributed by atoms with Gasteiger partial charge >= 0.3 is 5.97 Å². The van der Waals surface area contributed by atoms with E-state index < -0.39 is 211 Å². The van der Waals surface area contributed by atoms with E-state index in [9.17, 15) is 86.9 Å². The first-order chi connectivity index (χ1) is 56.3. The molecule has 0 spiro atoms. The van der Waals surface area contributed by atoms with Gasteiger partial charge in [0, 0.05) is 56.0 Å². The van der Waals surface area contributed by atoms with Crippen molar-refractivity contribution in [3.8, 4) is 0 Å². The number of rotatable bonds is 57. The maximum Gasteiger partial charge on any atom is 0.326 e. The fourth-order valence-corrected chi connectivity index (χ4v) is 12.2. The average Bonchev–Trinajstić information content (AvgIpc) is 1.67. The SMILES string of the molecule is CC[C@H](C)[C@H](NC(=O)CNC(=O)[C@H](Cc1c[nH]c2ccccc12)NC(=O)[C@@H](NC(=O)[C@H](CO)NC(=O)[C@@H](N)CC(C)C)C(C)C)C(=O)N[C@@H](CCCN=C(N)N)C(=O)N[C@@H](CCC(N)=O)C(=O)N[C@@H](CC(C)C)C(=O)N[C@@H](CCCN=C(N)N)C(=O)N[C@@H](C)C(=O)N[C@@H](CCCN=C(N)N)C(=O)N[C@@H](CC(C)C)C(=O)N[C@@H](CCC(N)=O)C(=O)O. The van der Waals surface area contributed by atoms with E-state index in [0.29, 0.717) is 16.5 Å². The first-order valence-corrected chi connectivity index (χ1v) is 40.1. The van der Waals surface area contributed by atoms with E-state index >= 15 is 0 Å². The molecular formula is C76H130N26O18. The van der Waals surface area contributed by atoms with E-state index in [1.54, 1.807) is 85.9 Å². The van der Waals surface area contributed by atoms with Crippen molar-refractivity contribution in [1.29, 1.82) is 0 Å². The zero-order valence-corrected chi connectivity index (χ0v) is 70.4. The molecule has 44 heteroatoms.